The van der Waals surface area contributed by atoms with Gasteiger partial charge in [0.2, 0.25) is 0 Å². The van der Waals surface area contributed by atoms with Crippen LogP contribution in [-0.2, 0) is 5.41 Å². The first-order chi connectivity index (χ1) is 12.8. The Morgan fingerprint density at radius 1 is 1.33 bits per heavy atom. The molecule has 1 aliphatic heterocycles. The fourth-order valence-corrected chi connectivity index (χ4v) is 3.46. The average Bonchev–Trinajstić information content (AvgIpc) is 2.66. The van der Waals surface area contributed by atoms with Gasteiger partial charge in [0.05, 0.1) is 7.11 Å². The van der Waals surface area contributed by atoms with E-state index in [4.69, 9.17) is 4.74 Å². The quantitative estimate of drug-likeness (QED) is 0.438. The van der Waals surface area contributed by atoms with Crippen LogP contribution >= 0.6 is 0 Å². The molecule has 1 saturated heterocycles. The molecular formula is C22H36N4O. The lowest BCUT2D eigenvalue weighted by Gasteiger charge is -2.34. The summed E-state index contributed by atoms with van der Waals surface area (Å²) >= 11 is 0. The SMILES string of the molecule is C=C(C)CN1CCC(NC(=NC)NCC(C)(C)c2cccc(OC)c2)CC1. The van der Waals surface area contributed by atoms with Crippen molar-refractivity contribution >= 4 is 5.96 Å². The first-order valence-corrected chi connectivity index (χ1v) is 9.82. The molecule has 2 N–H and O–H groups in total. The van der Waals surface area contributed by atoms with Crippen LogP contribution in [0.25, 0.3) is 0 Å². The monoisotopic (exact) mass is 372 g/mol. The summed E-state index contributed by atoms with van der Waals surface area (Å²) in [6, 6.07) is 8.75. The Labute approximate surface area is 164 Å². The van der Waals surface area contributed by atoms with Crippen LogP contribution in [0.15, 0.2) is 41.4 Å². The standard InChI is InChI=1S/C22H36N4O/c1-17(2)15-26-12-10-19(11-13-26)25-21(23-5)24-16-22(3,4)18-8-7-9-20(14-18)27-6/h7-9,14,19H,1,10-13,15-16H2,2-6H3,(H2,23,24,25). The van der Waals surface area contributed by atoms with E-state index in [0.717, 1.165) is 50.7 Å². The Balaban J connectivity index is 1.85. The number of methoxy groups -OCH3 is 1. The highest BCUT2D eigenvalue weighted by Crippen LogP contribution is 2.25. The molecule has 5 nitrogen and oxygen atoms in total. The van der Waals surface area contributed by atoms with E-state index in [9.17, 15) is 0 Å². The number of piperidine rings is 1. The minimum Gasteiger partial charge on any atom is -0.497 e. The predicted molar refractivity (Wildman–Crippen MR) is 115 cm³/mol. The van der Waals surface area contributed by atoms with Gasteiger partial charge < -0.3 is 15.4 Å². The molecule has 1 aliphatic rings. The van der Waals surface area contributed by atoms with E-state index in [-0.39, 0.29) is 5.41 Å². The fourth-order valence-electron chi connectivity index (χ4n) is 3.46. The second-order valence-corrected chi connectivity index (χ2v) is 8.19. The lowest BCUT2D eigenvalue weighted by molar-refractivity contribution is 0.221. The minimum absolute atomic E-state index is 0.0307. The van der Waals surface area contributed by atoms with Crippen molar-refractivity contribution in [3.05, 3.63) is 42.0 Å². The predicted octanol–water partition coefficient (Wildman–Crippen LogP) is 3.18. The van der Waals surface area contributed by atoms with Crippen LogP contribution in [0.3, 0.4) is 0 Å². The lowest BCUT2D eigenvalue weighted by atomic mass is 9.84. The maximum Gasteiger partial charge on any atom is 0.191 e. The molecule has 1 heterocycles. The molecule has 0 amide bonds. The molecule has 0 radical (unpaired) electrons. The molecule has 1 aromatic rings. The van der Waals surface area contributed by atoms with Crippen LogP contribution in [0.4, 0.5) is 0 Å². The summed E-state index contributed by atoms with van der Waals surface area (Å²) in [6.45, 7) is 14.6. The van der Waals surface area contributed by atoms with Crippen LogP contribution in [0.2, 0.25) is 0 Å². The Bertz CT molecular complexity index is 645. The Morgan fingerprint density at radius 2 is 2.04 bits per heavy atom. The summed E-state index contributed by atoms with van der Waals surface area (Å²) in [5, 5.41) is 7.10. The van der Waals surface area contributed by atoms with Crippen molar-refractivity contribution in [1.29, 1.82) is 0 Å². The summed E-state index contributed by atoms with van der Waals surface area (Å²) in [6.07, 6.45) is 2.26. The van der Waals surface area contributed by atoms with Crippen molar-refractivity contribution in [3.8, 4) is 5.75 Å². The summed E-state index contributed by atoms with van der Waals surface area (Å²) in [4.78, 5) is 6.90. The molecular weight excluding hydrogens is 336 g/mol. The first kappa shape index (κ1) is 21.3. The first-order valence-electron chi connectivity index (χ1n) is 9.82. The number of ether oxygens (including phenoxy) is 1. The van der Waals surface area contributed by atoms with Gasteiger partial charge in [-0.2, -0.15) is 0 Å². The highest BCUT2D eigenvalue weighted by atomic mass is 16.5. The second-order valence-electron chi connectivity index (χ2n) is 8.19. The maximum atomic E-state index is 5.36. The molecule has 0 aliphatic carbocycles. The molecule has 0 bridgehead atoms. The highest BCUT2D eigenvalue weighted by molar-refractivity contribution is 5.80. The third-order valence-corrected chi connectivity index (χ3v) is 5.19. The van der Waals surface area contributed by atoms with Crippen molar-refractivity contribution in [2.24, 2.45) is 4.99 Å². The zero-order chi connectivity index (χ0) is 19.9. The normalized spacial score (nSPS) is 16.9. The molecule has 0 saturated carbocycles. The van der Waals surface area contributed by atoms with E-state index in [2.05, 4.69) is 60.0 Å². The Hall–Kier alpha value is -2.01. The number of nitrogens with zero attached hydrogens (tertiary/aromatic N) is 2. The van der Waals surface area contributed by atoms with E-state index in [0.29, 0.717) is 6.04 Å². The van der Waals surface area contributed by atoms with Gasteiger partial charge in [-0.25, -0.2) is 0 Å². The zero-order valence-corrected chi connectivity index (χ0v) is 17.6. The van der Waals surface area contributed by atoms with Crippen LogP contribution in [-0.4, -0.2) is 57.2 Å². The number of hydrogen-bond acceptors (Lipinski definition) is 3. The molecule has 2 rings (SSSR count). The van der Waals surface area contributed by atoms with Crippen LogP contribution in [0.5, 0.6) is 5.75 Å². The molecule has 0 atom stereocenters. The average molecular weight is 373 g/mol. The second kappa shape index (κ2) is 9.79. The van der Waals surface area contributed by atoms with Gasteiger partial charge in [0, 0.05) is 44.7 Å². The summed E-state index contributed by atoms with van der Waals surface area (Å²) < 4.78 is 5.36. The molecule has 1 aromatic carbocycles. The largest absolute Gasteiger partial charge is 0.497 e. The van der Waals surface area contributed by atoms with Gasteiger partial charge in [0.15, 0.2) is 5.96 Å². The van der Waals surface area contributed by atoms with Crippen LogP contribution in [0, 0.1) is 0 Å². The van der Waals surface area contributed by atoms with Gasteiger partial charge in [-0.05, 0) is 37.5 Å². The van der Waals surface area contributed by atoms with Crippen LogP contribution < -0.4 is 15.4 Å². The Morgan fingerprint density at radius 3 is 2.63 bits per heavy atom. The topological polar surface area (TPSA) is 48.9 Å². The highest BCUT2D eigenvalue weighted by Gasteiger charge is 2.23. The van der Waals surface area contributed by atoms with Gasteiger partial charge in [-0.1, -0.05) is 38.1 Å². The van der Waals surface area contributed by atoms with Crippen molar-refractivity contribution < 1.29 is 4.74 Å². The van der Waals surface area contributed by atoms with Gasteiger partial charge in [-0.3, -0.25) is 9.89 Å². The number of rotatable bonds is 7. The molecule has 1 fully saturated rings. The van der Waals surface area contributed by atoms with E-state index in [1.165, 1.54) is 11.1 Å². The maximum absolute atomic E-state index is 5.36. The van der Waals surface area contributed by atoms with Gasteiger partial charge >= 0.3 is 0 Å². The van der Waals surface area contributed by atoms with Gasteiger partial charge in [0.25, 0.3) is 0 Å². The summed E-state index contributed by atoms with van der Waals surface area (Å²) in [5.74, 6) is 1.77. The van der Waals surface area contributed by atoms with E-state index >= 15 is 0 Å². The van der Waals surface area contributed by atoms with Crippen molar-refractivity contribution in [3.63, 3.8) is 0 Å². The minimum atomic E-state index is -0.0307. The van der Waals surface area contributed by atoms with Gasteiger partial charge in [0.1, 0.15) is 5.75 Å². The number of hydrogen-bond donors (Lipinski definition) is 2. The van der Waals surface area contributed by atoms with Crippen molar-refractivity contribution in [1.82, 2.24) is 15.5 Å². The number of likely N-dealkylation sites (tertiary alicyclic amines) is 1. The third-order valence-electron chi connectivity index (χ3n) is 5.19. The van der Waals surface area contributed by atoms with E-state index in [1.807, 2.05) is 19.2 Å². The molecule has 27 heavy (non-hydrogen) atoms. The number of nitrogens with one attached hydrogen (secondary N) is 2. The lowest BCUT2D eigenvalue weighted by Crippen LogP contribution is -2.50. The third kappa shape index (κ3) is 6.58. The Kier molecular flexibility index (Phi) is 7.72. The number of benzene rings is 1. The van der Waals surface area contributed by atoms with E-state index in [1.54, 1.807) is 7.11 Å². The molecule has 0 spiro atoms. The zero-order valence-electron chi connectivity index (χ0n) is 17.6. The van der Waals surface area contributed by atoms with Crippen molar-refractivity contribution in [2.75, 3.05) is 40.3 Å². The molecule has 0 unspecified atom stereocenters. The van der Waals surface area contributed by atoms with Crippen molar-refractivity contribution in [2.45, 2.75) is 45.1 Å². The fraction of sp³-hybridized carbons (Fsp3) is 0.591. The smallest absolute Gasteiger partial charge is 0.191 e. The number of aliphatic imine (C=N–C) groups is 1. The van der Waals surface area contributed by atoms with Gasteiger partial charge in [-0.15, -0.1) is 0 Å². The summed E-state index contributed by atoms with van der Waals surface area (Å²) in [5.41, 5.74) is 2.45. The molecule has 150 valence electrons. The molecule has 0 aromatic heterocycles. The van der Waals surface area contributed by atoms with Crippen LogP contribution in [0.1, 0.15) is 39.2 Å². The number of guanidine groups is 1. The molecule has 5 heteroatoms. The van der Waals surface area contributed by atoms with E-state index < -0.39 is 0 Å². The summed E-state index contributed by atoms with van der Waals surface area (Å²) in [7, 11) is 3.54.